The van der Waals surface area contributed by atoms with E-state index in [-0.39, 0.29) is 11.8 Å². The molecular formula is C29H54N3O+. The number of aryl methyl sites for hydroxylation is 1. The molecule has 1 amide bonds. The number of hydrogen-bond acceptors (Lipinski definition) is 2. The van der Waals surface area contributed by atoms with Crippen LogP contribution < -0.4 is 5.32 Å². The fraction of sp³-hybridized carbons (Fsp3) is 0.759. The Labute approximate surface area is 205 Å². The molecule has 33 heavy (non-hydrogen) atoms. The zero-order valence-electron chi connectivity index (χ0n) is 23.1. The van der Waals surface area contributed by atoms with Gasteiger partial charge in [-0.1, -0.05) is 77.6 Å². The lowest BCUT2D eigenvalue weighted by molar-refractivity contribution is -0.888. The molecule has 1 rings (SSSR count). The quantitative estimate of drug-likeness (QED) is 0.302. The van der Waals surface area contributed by atoms with Crippen molar-refractivity contribution in [1.29, 1.82) is 0 Å². The van der Waals surface area contributed by atoms with Crippen molar-refractivity contribution in [3.63, 3.8) is 0 Å². The van der Waals surface area contributed by atoms with Gasteiger partial charge in [-0.05, 0) is 55.8 Å². The van der Waals surface area contributed by atoms with E-state index >= 15 is 0 Å². The van der Waals surface area contributed by atoms with Crippen LogP contribution in [0.4, 0.5) is 0 Å². The number of likely N-dealkylation sites (N-methyl/N-ethyl adjacent to an activating group) is 2. The smallest absolute Gasteiger partial charge is 0.220 e. The van der Waals surface area contributed by atoms with Crippen molar-refractivity contribution in [1.82, 2.24) is 10.2 Å². The highest BCUT2D eigenvalue weighted by atomic mass is 16.1. The maximum Gasteiger partial charge on any atom is 0.220 e. The molecule has 0 aromatic heterocycles. The Morgan fingerprint density at radius 2 is 1.58 bits per heavy atom. The Morgan fingerprint density at radius 1 is 0.939 bits per heavy atom. The highest BCUT2D eigenvalue weighted by molar-refractivity contribution is 5.76. The Morgan fingerprint density at radius 3 is 2.18 bits per heavy atom. The molecule has 0 radical (unpaired) electrons. The Balaban J connectivity index is 2.31. The van der Waals surface area contributed by atoms with Gasteiger partial charge < -0.3 is 14.7 Å². The topological polar surface area (TPSA) is 32.3 Å². The number of rotatable bonds is 17. The number of amides is 1. The average molecular weight is 461 g/mol. The largest absolute Gasteiger partial charge is 0.350 e. The second-order valence-corrected chi connectivity index (χ2v) is 11.7. The number of carbonyl (C=O) groups is 1. The third kappa shape index (κ3) is 14.5. The van der Waals surface area contributed by atoms with Gasteiger partial charge in [0.25, 0.3) is 0 Å². The first-order chi connectivity index (χ1) is 15.5. The highest BCUT2D eigenvalue weighted by Gasteiger charge is 2.16. The van der Waals surface area contributed by atoms with Gasteiger partial charge in [0.1, 0.15) is 0 Å². The molecule has 0 fully saturated rings. The van der Waals surface area contributed by atoms with Crippen LogP contribution in [0.3, 0.4) is 0 Å². The molecular weight excluding hydrogens is 406 g/mol. The molecule has 1 aromatic carbocycles. The summed E-state index contributed by atoms with van der Waals surface area (Å²) in [6.45, 7) is 13.0. The molecule has 4 nitrogen and oxygen atoms in total. The molecule has 0 aliphatic heterocycles. The Kier molecular flexibility index (Phi) is 13.9. The molecule has 2 atom stereocenters. The Bertz CT molecular complexity index is 651. The summed E-state index contributed by atoms with van der Waals surface area (Å²) >= 11 is 0. The normalized spacial score (nSPS) is 14.0. The molecule has 0 heterocycles. The van der Waals surface area contributed by atoms with Gasteiger partial charge >= 0.3 is 0 Å². The first-order valence-electron chi connectivity index (χ1n) is 13.3. The summed E-state index contributed by atoms with van der Waals surface area (Å²) in [4.78, 5) is 14.6. The van der Waals surface area contributed by atoms with Crippen LogP contribution >= 0.6 is 0 Å². The predicted molar refractivity (Wildman–Crippen MR) is 144 cm³/mol. The molecule has 1 N–H and O–H groups in total. The van der Waals surface area contributed by atoms with Gasteiger partial charge in [0.15, 0.2) is 0 Å². The van der Waals surface area contributed by atoms with Crippen LogP contribution in [0.5, 0.6) is 0 Å². The van der Waals surface area contributed by atoms with Gasteiger partial charge in [-0.2, -0.15) is 0 Å². The molecule has 0 aliphatic carbocycles. The van der Waals surface area contributed by atoms with E-state index in [0.29, 0.717) is 6.42 Å². The third-order valence-electron chi connectivity index (χ3n) is 6.87. The van der Waals surface area contributed by atoms with Gasteiger partial charge in [0.2, 0.25) is 5.91 Å². The molecule has 0 saturated heterocycles. The second-order valence-electron chi connectivity index (χ2n) is 11.7. The summed E-state index contributed by atoms with van der Waals surface area (Å²) in [6, 6.07) is 8.97. The van der Waals surface area contributed by atoms with Crippen LogP contribution in [0.2, 0.25) is 0 Å². The number of nitrogens with one attached hydrogen (secondary N) is 1. The van der Waals surface area contributed by atoms with Gasteiger partial charge in [-0.25, -0.2) is 0 Å². The van der Waals surface area contributed by atoms with Crippen molar-refractivity contribution in [2.24, 2.45) is 11.8 Å². The van der Waals surface area contributed by atoms with E-state index in [1.54, 1.807) is 0 Å². The summed E-state index contributed by atoms with van der Waals surface area (Å²) in [7, 11) is 8.67. The zero-order chi connectivity index (χ0) is 24.9. The minimum absolute atomic E-state index is 0.158. The van der Waals surface area contributed by atoms with E-state index in [1.807, 2.05) is 0 Å². The fourth-order valence-electron chi connectivity index (χ4n) is 4.23. The summed E-state index contributed by atoms with van der Waals surface area (Å²) in [5.41, 5.74) is 2.68. The number of quaternary nitrogens is 1. The van der Waals surface area contributed by atoms with Crippen LogP contribution in [0.15, 0.2) is 24.3 Å². The number of carbonyl (C=O) groups excluding carboxylic acids is 1. The van der Waals surface area contributed by atoms with Crippen LogP contribution in [0.25, 0.3) is 0 Å². The van der Waals surface area contributed by atoms with Gasteiger partial charge in [0.05, 0.1) is 33.7 Å². The van der Waals surface area contributed by atoms with E-state index in [2.05, 4.69) is 90.4 Å². The van der Waals surface area contributed by atoms with E-state index in [4.69, 9.17) is 0 Å². The maximum absolute atomic E-state index is 12.4. The van der Waals surface area contributed by atoms with Crippen molar-refractivity contribution < 1.29 is 9.28 Å². The summed E-state index contributed by atoms with van der Waals surface area (Å²) < 4.78 is 0.923. The number of hydrogen-bond donors (Lipinski definition) is 1. The maximum atomic E-state index is 12.4. The van der Waals surface area contributed by atoms with E-state index in [0.717, 1.165) is 48.9 Å². The molecule has 2 unspecified atom stereocenters. The molecule has 0 aliphatic rings. The number of benzene rings is 1. The van der Waals surface area contributed by atoms with Crippen molar-refractivity contribution in [3.05, 3.63) is 35.4 Å². The summed E-state index contributed by atoms with van der Waals surface area (Å²) in [5, 5.41) is 3.13. The second kappa shape index (κ2) is 15.5. The molecule has 190 valence electrons. The highest BCUT2D eigenvalue weighted by Crippen LogP contribution is 2.21. The summed E-state index contributed by atoms with van der Waals surface area (Å²) in [6.07, 6.45) is 8.39. The first kappa shape index (κ1) is 29.6. The van der Waals surface area contributed by atoms with Gasteiger partial charge in [-0.3, -0.25) is 4.79 Å². The average Bonchev–Trinajstić information content (AvgIpc) is 2.72. The van der Waals surface area contributed by atoms with Crippen LogP contribution in [-0.2, 0) is 11.2 Å². The van der Waals surface area contributed by atoms with Crippen LogP contribution in [-0.4, -0.2) is 69.7 Å². The lowest BCUT2D eigenvalue weighted by atomic mass is 9.93. The minimum atomic E-state index is 0.158. The monoisotopic (exact) mass is 460 g/mol. The van der Waals surface area contributed by atoms with Gasteiger partial charge in [0, 0.05) is 13.0 Å². The molecule has 0 spiro atoms. The van der Waals surface area contributed by atoms with E-state index in [9.17, 15) is 4.79 Å². The number of nitrogens with zero attached hydrogens (tertiary/aromatic N) is 2. The minimum Gasteiger partial charge on any atom is -0.350 e. The summed E-state index contributed by atoms with van der Waals surface area (Å²) in [5.74, 6) is 2.06. The SMILES string of the molecule is CC(C)CCCC(C)CCCc1ccc(C(C)CC(=O)NCC[N+](C)(C)CCN(C)C)cc1. The van der Waals surface area contributed by atoms with Crippen LogP contribution in [0, 0.1) is 11.8 Å². The van der Waals surface area contributed by atoms with Crippen molar-refractivity contribution in [3.8, 4) is 0 Å². The van der Waals surface area contributed by atoms with Gasteiger partial charge in [-0.15, -0.1) is 0 Å². The Hall–Kier alpha value is -1.39. The fourth-order valence-corrected chi connectivity index (χ4v) is 4.23. The predicted octanol–water partition coefficient (Wildman–Crippen LogP) is 5.72. The molecule has 0 bridgehead atoms. The van der Waals surface area contributed by atoms with Crippen molar-refractivity contribution >= 4 is 5.91 Å². The zero-order valence-corrected chi connectivity index (χ0v) is 23.1. The van der Waals surface area contributed by atoms with Crippen LogP contribution in [0.1, 0.15) is 83.3 Å². The lowest BCUT2D eigenvalue weighted by Gasteiger charge is -2.31. The standard InChI is InChI=1S/C29H53N3O/c1-24(2)11-9-12-25(3)13-10-14-27-15-17-28(18-16-27)26(4)23-29(33)30-19-21-32(7,8)22-20-31(5)6/h15-18,24-26H,9-14,19-23H2,1-8H3/p+1. The molecule has 1 aromatic rings. The molecule has 0 saturated carbocycles. The van der Waals surface area contributed by atoms with E-state index < -0.39 is 0 Å². The van der Waals surface area contributed by atoms with Crippen molar-refractivity contribution in [2.45, 2.75) is 78.6 Å². The lowest BCUT2D eigenvalue weighted by Crippen LogP contribution is -2.48. The third-order valence-corrected chi connectivity index (χ3v) is 6.87. The first-order valence-corrected chi connectivity index (χ1v) is 13.3. The van der Waals surface area contributed by atoms with E-state index in [1.165, 1.54) is 43.2 Å². The molecule has 4 heteroatoms. The van der Waals surface area contributed by atoms with Crippen molar-refractivity contribution in [2.75, 3.05) is 54.4 Å².